The Labute approximate surface area is 121 Å². The summed E-state index contributed by atoms with van der Waals surface area (Å²) in [6.45, 7) is 0.721. The topological polar surface area (TPSA) is 34.1 Å². The van der Waals surface area contributed by atoms with E-state index in [1.807, 2.05) is 12.1 Å². The second-order valence-electron chi connectivity index (χ2n) is 4.80. The van der Waals surface area contributed by atoms with Crippen LogP contribution in [0.3, 0.4) is 0 Å². The van der Waals surface area contributed by atoms with Gasteiger partial charge in [0.2, 0.25) is 5.88 Å². The predicted molar refractivity (Wildman–Crippen MR) is 75.6 cm³/mol. The summed E-state index contributed by atoms with van der Waals surface area (Å²) >= 11 is 5.93. The fraction of sp³-hybridized carbons (Fsp3) is 0.267. The molecule has 1 aromatic carbocycles. The van der Waals surface area contributed by atoms with E-state index in [1.54, 1.807) is 6.07 Å². The maximum absolute atomic E-state index is 13.0. The van der Waals surface area contributed by atoms with Gasteiger partial charge in [-0.2, -0.15) is 0 Å². The van der Waals surface area contributed by atoms with Gasteiger partial charge in [0, 0.05) is 18.7 Å². The van der Waals surface area contributed by atoms with E-state index in [4.69, 9.17) is 16.3 Å². The minimum Gasteiger partial charge on any atom is -0.437 e. The first-order valence-electron chi connectivity index (χ1n) is 6.53. The summed E-state index contributed by atoms with van der Waals surface area (Å²) in [6, 6.07) is 10.2. The Morgan fingerprint density at radius 2 is 2.15 bits per heavy atom. The first-order valence-corrected chi connectivity index (χ1v) is 6.91. The molecule has 0 radical (unpaired) electrons. The van der Waals surface area contributed by atoms with Crippen molar-refractivity contribution in [3.63, 3.8) is 0 Å². The molecule has 0 unspecified atom stereocenters. The molecule has 104 valence electrons. The lowest BCUT2D eigenvalue weighted by atomic mass is 10.3. The van der Waals surface area contributed by atoms with E-state index >= 15 is 0 Å². The molecule has 0 atom stereocenters. The zero-order valence-corrected chi connectivity index (χ0v) is 11.5. The number of benzene rings is 1. The molecule has 1 aromatic heterocycles. The highest BCUT2D eigenvalue weighted by Gasteiger charge is 2.20. The molecule has 1 fully saturated rings. The van der Waals surface area contributed by atoms with Crippen LogP contribution in [-0.4, -0.2) is 11.0 Å². The van der Waals surface area contributed by atoms with Gasteiger partial charge in [0.05, 0.1) is 10.7 Å². The van der Waals surface area contributed by atoms with Crippen molar-refractivity contribution in [3.8, 4) is 11.6 Å². The Balaban J connectivity index is 1.70. The molecule has 3 nitrogen and oxygen atoms in total. The lowest BCUT2D eigenvalue weighted by Crippen LogP contribution is -2.16. The number of hydrogen-bond donors (Lipinski definition) is 1. The molecule has 1 heterocycles. The summed E-state index contributed by atoms with van der Waals surface area (Å²) in [6.07, 6.45) is 2.47. The van der Waals surface area contributed by atoms with Crippen molar-refractivity contribution in [2.45, 2.75) is 25.4 Å². The van der Waals surface area contributed by atoms with Gasteiger partial charge in [0.1, 0.15) is 11.6 Å². The van der Waals surface area contributed by atoms with Crippen LogP contribution in [0, 0.1) is 5.82 Å². The van der Waals surface area contributed by atoms with Crippen LogP contribution in [0.5, 0.6) is 11.6 Å². The fourth-order valence-corrected chi connectivity index (χ4v) is 2.03. The molecule has 2 aromatic rings. The van der Waals surface area contributed by atoms with Crippen molar-refractivity contribution < 1.29 is 9.13 Å². The SMILES string of the molecule is Fc1ccc(Oc2cccc(CNC3CC3)n2)c(Cl)c1. The lowest BCUT2D eigenvalue weighted by Gasteiger charge is -2.08. The maximum Gasteiger partial charge on any atom is 0.219 e. The van der Waals surface area contributed by atoms with E-state index in [0.717, 1.165) is 12.2 Å². The number of ether oxygens (including phenoxy) is 1. The van der Waals surface area contributed by atoms with Crippen molar-refractivity contribution in [2.24, 2.45) is 0 Å². The Morgan fingerprint density at radius 1 is 1.30 bits per heavy atom. The molecule has 20 heavy (non-hydrogen) atoms. The molecule has 0 spiro atoms. The quantitative estimate of drug-likeness (QED) is 0.907. The molecule has 0 amide bonds. The van der Waals surface area contributed by atoms with E-state index in [9.17, 15) is 4.39 Å². The van der Waals surface area contributed by atoms with E-state index in [2.05, 4.69) is 10.3 Å². The van der Waals surface area contributed by atoms with Gasteiger partial charge in [-0.1, -0.05) is 17.7 Å². The summed E-state index contributed by atoms with van der Waals surface area (Å²) in [5.74, 6) is 0.458. The van der Waals surface area contributed by atoms with E-state index in [1.165, 1.54) is 31.0 Å². The molecule has 1 saturated carbocycles. The highest BCUT2D eigenvalue weighted by Crippen LogP contribution is 2.29. The van der Waals surface area contributed by atoms with Crippen LogP contribution in [0.4, 0.5) is 4.39 Å². The Kier molecular flexibility index (Phi) is 3.85. The van der Waals surface area contributed by atoms with Crippen LogP contribution in [0.1, 0.15) is 18.5 Å². The minimum absolute atomic E-state index is 0.230. The monoisotopic (exact) mass is 292 g/mol. The number of halogens is 2. The van der Waals surface area contributed by atoms with E-state index < -0.39 is 5.82 Å². The molecule has 5 heteroatoms. The minimum atomic E-state index is -0.391. The first-order chi connectivity index (χ1) is 9.70. The average Bonchev–Trinajstić information content (AvgIpc) is 3.24. The Morgan fingerprint density at radius 3 is 2.90 bits per heavy atom. The van der Waals surface area contributed by atoms with Gasteiger partial charge in [-0.25, -0.2) is 9.37 Å². The van der Waals surface area contributed by atoms with Crippen LogP contribution < -0.4 is 10.1 Å². The van der Waals surface area contributed by atoms with Crippen LogP contribution in [0.2, 0.25) is 5.02 Å². The first kappa shape index (κ1) is 13.3. The standard InChI is InChI=1S/C15H14ClFN2O/c16-13-8-10(17)4-7-14(13)20-15-3-1-2-12(19-15)9-18-11-5-6-11/h1-4,7-8,11,18H,5-6,9H2. The average molecular weight is 293 g/mol. The normalized spacial score (nSPS) is 14.3. The predicted octanol–water partition coefficient (Wildman–Crippen LogP) is 3.92. The van der Waals surface area contributed by atoms with Crippen molar-refractivity contribution in [3.05, 3.63) is 52.9 Å². The van der Waals surface area contributed by atoms with Gasteiger partial charge in [0.15, 0.2) is 0 Å². The number of nitrogens with one attached hydrogen (secondary N) is 1. The summed E-state index contributed by atoms with van der Waals surface area (Å²) in [5.41, 5.74) is 0.910. The molecule has 1 aliphatic carbocycles. The van der Waals surface area contributed by atoms with Crippen molar-refractivity contribution in [2.75, 3.05) is 0 Å². The summed E-state index contributed by atoms with van der Waals surface area (Å²) in [7, 11) is 0. The van der Waals surface area contributed by atoms with E-state index in [0.29, 0.717) is 17.7 Å². The summed E-state index contributed by atoms with van der Waals surface area (Å²) < 4.78 is 18.6. The van der Waals surface area contributed by atoms with Crippen LogP contribution in [-0.2, 0) is 6.54 Å². The summed E-state index contributed by atoms with van der Waals surface area (Å²) in [4.78, 5) is 4.39. The third kappa shape index (κ3) is 3.46. The number of aromatic nitrogens is 1. The van der Waals surface area contributed by atoms with Gasteiger partial charge in [-0.15, -0.1) is 0 Å². The smallest absolute Gasteiger partial charge is 0.219 e. The van der Waals surface area contributed by atoms with Crippen LogP contribution in [0.15, 0.2) is 36.4 Å². The number of hydrogen-bond acceptors (Lipinski definition) is 3. The maximum atomic E-state index is 13.0. The van der Waals surface area contributed by atoms with E-state index in [-0.39, 0.29) is 5.02 Å². The van der Waals surface area contributed by atoms with Crippen molar-refractivity contribution in [1.82, 2.24) is 10.3 Å². The second-order valence-corrected chi connectivity index (χ2v) is 5.21. The molecule has 1 N–H and O–H groups in total. The third-order valence-corrected chi connectivity index (χ3v) is 3.33. The van der Waals surface area contributed by atoms with Crippen molar-refractivity contribution >= 4 is 11.6 Å². The van der Waals surface area contributed by atoms with Gasteiger partial charge < -0.3 is 10.1 Å². The lowest BCUT2D eigenvalue weighted by molar-refractivity contribution is 0.458. The molecular formula is C15H14ClFN2O. The second kappa shape index (κ2) is 5.77. The highest BCUT2D eigenvalue weighted by atomic mass is 35.5. The number of pyridine rings is 1. The van der Waals surface area contributed by atoms with Crippen LogP contribution >= 0.6 is 11.6 Å². The van der Waals surface area contributed by atoms with Gasteiger partial charge in [-0.3, -0.25) is 0 Å². The summed E-state index contributed by atoms with van der Waals surface area (Å²) in [5, 5.41) is 3.62. The van der Waals surface area contributed by atoms with Gasteiger partial charge >= 0.3 is 0 Å². The van der Waals surface area contributed by atoms with Crippen LogP contribution in [0.25, 0.3) is 0 Å². The molecule has 1 aliphatic rings. The number of rotatable bonds is 5. The van der Waals surface area contributed by atoms with Gasteiger partial charge in [0.25, 0.3) is 0 Å². The Bertz CT molecular complexity index is 617. The fourth-order valence-electron chi connectivity index (χ4n) is 1.82. The molecule has 0 bridgehead atoms. The number of nitrogens with zero attached hydrogens (tertiary/aromatic N) is 1. The molecule has 3 rings (SSSR count). The van der Waals surface area contributed by atoms with Gasteiger partial charge in [-0.05, 0) is 37.1 Å². The zero-order valence-electron chi connectivity index (χ0n) is 10.8. The molecule has 0 saturated heterocycles. The highest BCUT2D eigenvalue weighted by molar-refractivity contribution is 6.32. The largest absolute Gasteiger partial charge is 0.437 e. The third-order valence-electron chi connectivity index (χ3n) is 3.04. The molecule has 0 aliphatic heterocycles. The molecular weight excluding hydrogens is 279 g/mol. The van der Waals surface area contributed by atoms with Crippen molar-refractivity contribution in [1.29, 1.82) is 0 Å². The Hall–Kier alpha value is -1.65. The zero-order chi connectivity index (χ0) is 13.9.